The number of nitrogens with zero attached hydrogens (tertiary/aromatic N) is 2. The quantitative estimate of drug-likeness (QED) is 0.623. The Labute approximate surface area is 67.8 Å². The topological polar surface area (TPSA) is 52.0 Å². The average Bonchev–Trinajstić information content (AvgIpc) is 2.33. The maximum Gasteiger partial charge on any atom is 0.287 e. The van der Waals surface area contributed by atoms with Crippen LogP contribution in [0.5, 0.6) is 0 Å². The molecule has 1 aromatic rings. The van der Waals surface area contributed by atoms with Gasteiger partial charge in [0, 0.05) is 5.92 Å². The van der Waals surface area contributed by atoms with Crippen LogP contribution in [0.4, 0.5) is 0 Å². The van der Waals surface area contributed by atoms with Crippen molar-refractivity contribution in [3.8, 4) is 0 Å². The molecule has 0 N–H and O–H groups in total. The van der Waals surface area contributed by atoms with Gasteiger partial charge in [0.15, 0.2) is 0 Å². The molecule has 0 aliphatic carbocycles. The third-order valence-electron chi connectivity index (χ3n) is 1.19. The molecule has 1 heterocycles. The van der Waals surface area contributed by atoms with Crippen molar-refractivity contribution in [1.82, 2.24) is 8.33 Å². The van der Waals surface area contributed by atoms with Crippen molar-refractivity contribution in [3.05, 3.63) is 16.6 Å². The summed E-state index contributed by atoms with van der Waals surface area (Å²) in [5.74, 6) is -0.356. The first-order chi connectivity index (χ1) is 5.13. The molecule has 11 heavy (non-hydrogen) atoms. The van der Waals surface area contributed by atoms with Gasteiger partial charge in [-0.15, -0.1) is 0 Å². The van der Waals surface area contributed by atoms with Crippen molar-refractivity contribution in [3.63, 3.8) is 0 Å². The first kappa shape index (κ1) is 8.13. The molecule has 60 valence electrons. The minimum Gasteiger partial charge on any atom is -0.273 e. The van der Waals surface area contributed by atoms with Crippen molar-refractivity contribution in [1.29, 1.82) is 0 Å². The second kappa shape index (κ2) is 2.96. The lowest BCUT2D eigenvalue weighted by molar-refractivity contribution is 0.0865. The van der Waals surface area contributed by atoms with E-state index >= 15 is 0 Å². The predicted octanol–water partition coefficient (Wildman–Crippen LogP) is 0.601. The molecule has 0 radical (unpaired) electrons. The Morgan fingerprint density at radius 1 is 1.73 bits per heavy atom. The summed E-state index contributed by atoms with van der Waals surface area (Å²) in [4.78, 5) is 22.0. The van der Waals surface area contributed by atoms with Crippen LogP contribution in [0.25, 0.3) is 0 Å². The first-order valence-electron chi connectivity index (χ1n) is 3.21. The van der Waals surface area contributed by atoms with Crippen molar-refractivity contribution >= 4 is 17.6 Å². The SMILES string of the molecule is CC(C)C(=O)n1sncc1=O. The Morgan fingerprint density at radius 3 is 2.73 bits per heavy atom. The molecule has 4 nitrogen and oxygen atoms in total. The van der Waals surface area contributed by atoms with E-state index in [9.17, 15) is 9.59 Å². The summed E-state index contributed by atoms with van der Waals surface area (Å²) in [6.07, 6.45) is 1.14. The predicted molar refractivity (Wildman–Crippen MR) is 41.8 cm³/mol. The summed E-state index contributed by atoms with van der Waals surface area (Å²) in [5.41, 5.74) is -0.339. The molecular weight excluding hydrogens is 164 g/mol. The molecule has 0 unspecified atom stereocenters. The van der Waals surface area contributed by atoms with E-state index in [1.807, 2.05) is 0 Å². The molecule has 5 heteroatoms. The average molecular weight is 172 g/mol. The van der Waals surface area contributed by atoms with E-state index in [1.165, 1.54) is 0 Å². The van der Waals surface area contributed by atoms with Crippen molar-refractivity contribution in [2.75, 3.05) is 0 Å². The van der Waals surface area contributed by atoms with E-state index in [-0.39, 0.29) is 17.4 Å². The number of hydrogen-bond acceptors (Lipinski definition) is 4. The van der Waals surface area contributed by atoms with Crippen LogP contribution in [-0.4, -0.2) is 14.2 Å². The summed E-state index contributed by atoms with van der Waals surface area (Å²) in [6.45, 7) is 3.49. The van der Waals surface area contributed by atoms with Gasteiger partial charge in [-0.2, -0.15) is 8.33 Å². The molecule has 0 saturated carbocycles. The lowest BCUT2D eigenvalue weighted by Crippen LogP contribution is -2.24. The summed E-state index contributed by atoms with van der Waals surface area (Å²) >= 11 is 0.891. The van der Waals surface area contributed by atoms with E-state index in [0.29, 0.717) is 0 Å². The van der Waals surface area contributed by atoms with Gasteiger partial charge in [0.25, 0.3) is 5.56 Å². The number of rotatable bonds is 1. The van der Waals surface area contributed by atoms with E-state index in [0.717, 1.165) is 21.9 Å². The van der Waals surface area contributed by atoms with Gasteiger partial charge in [0.2, 0.25) is 5.91 Å². The number of aromatic nitrogens is 2. The maximum atomic E-state index is 11.2. The molecule has 0 atom stereocenters. The highest BCUT2D eigenvalue weighted by Crippen LogP contribution is 1.98. The van der Waals surface area contributed by atoms with Gasteiger partial charge in [0.1, 0.15) is 6.20 Å². The Morgan fingerprint density at radius 2 is 2.36 bits per heavy atom. The van der Waals surface area contributed by atoms with E-state index < -0.39 is 0 Å². The van der Waals surface area contributed by atoms with Crippen LogP contribution >= 0.6 is 11.7 Å². The summed E-state index contributed by atoms with van der Waals surface area (Å²) < 4.78 is 4.66. The van der Waals surface area contributed by atoms with Crippen molar-refractivity contribution < 1.29 is 4.79 Å². The Balaban J connectivity index is 3.03. The van der Waals surface area contributed by atoms with Gasteiger partial charge < -0.3 is 0 Å². The van der Waals surface area contributed by atoms with E-state index in [2.05, 4.69) is 4.37 Å². The molecule has 0 spiro atoms. The Kier molecular flexibility index (Phi) is 2.19. The number of hydrogen-bond donors (Lipinski definition) is 0. The lowest BCUT2D eigenvalue weighted by atomic mass is 10.2. The minimum absolute atomic E-state index is 0.159. The van der Waals surface area contributed by atoms with Crippen molar-refractivity contribution in [2.45, 2.75) is 13.8 Å². The zero-order chi connectivity index (χ0) is 8.43. The van der Waals surface area contributed by atoms with Crippen LogP contribution in [0.3, 0.4) is 0 Å². The van der Waals surface area contributed by atoms with Crippen LogP contribution < -0.4 is 5.56 Å². The molecule has 0 bridgehead atoms. The van der Waals surface area contributed by atoms with Crippen LogP contribution in [0.1, 0.15) is 18.6 Å². The Bertz CT molecular complexity index is 312. The van der Waals surface area contributed by atoms with Crippen molar-refractivity contribution in [2.24, 2.45) is 5.92 Å². The van der Waals surface area contributed by atoms with Gasteiger partial charge in [-0.3, -0.25) is 9.59 Å². The van der Waals surface area contributed by atoms with Gasteiger partial charge in [-0.1, -0.05) is 13.8 Å². The second-order valence-electron chi connectivity index (χ2n) is 2.44. The first-order valence-corrected chi connectivity index (χ1v) is 3.94. The monoisotopic (exact) mass is 172 g/mol. The molecule has 1 rings (SSSR count). The summed E-state index contributed by atoms with van der Waals surface area (Å²) in [6, 6.07) is 0. The fourth-order valence-electron chi connectivity index (χ4n) is 0.592. The van der Waals surface area contributed by atoms with Crippen LogP contribution in [0, 0.1) is 5.92 Å². The summed E-state index contributed by atoms with van der Waals surface area (Å²) in [5, 5.41) is 0. The molecule has 0 aliphatic rings. The maximum absolute atomic E-state index is 11.2. The molecule has 0 saturated heterocycles. The highest BCUT2D eigenvalue weighted by Gasteiger charge is 2.12. The fraction of sp³-hybridized carbons (Fsp3) is 0.500. The zero-order valence-corrected chi connectivity index (χ0v) is 7.09. The highest BCUT2D eigenvalue weighted by molar-refractivity contribution is 7.01. The third-order valence-corrected chi connectivity index (χ3v) is 1.91. The number of carbonyl (C=O) groups is 1. The van der Waals surface area contributed by atoms with Crippen LogP contribution in [0.2, 0.25) is 0 Å². The second-order valence-corrected chi connectivity index (χ2v) is 3.18. The number of carbonyl (C=O) groups excluding carboxylic acids is 1. The third kappa shape index (κ3) is 1.54. The molecule has 0 amide bonds. The molecule has 0 aliphatic heterocycles. The van der Waals surface area contributed by atoms with Crippen LogP contribution in [-0.2, 0) is 0 Å². The van der Waals surface area contributed by atoms with Gasteiger partial charge in [-0.25, -0.2) is 0 Å². The highest BCUT2D eigenvalue weighted by atomic mass is 32.1. The Hall–Kier alpha value is -0.970. The largest absolute Gasteiger partial charge is 0.287 e. The summed E-state index contributed by atoms with van der Waals surface area (Å²) in [7, 11) is 0. The van der Waals surface area contributed by atoms with E-state index in [1.54, 1.807) is 13.8 Å². The fourth-order valence-corrected chi connectivity index (χ4v) is 1.24. The van der Waals surface area contributed by atoms with Crippen LogP contribution in [0.15, 0.2) is 11.0 Å². The molecular formula is C6H8N2O2S. The van der Waals surface area contributed by atoms with Gasteiger partial charge in [-0.05, 0) is 0 Å². The smallest absolute Gasteiger partial charge is 0.273 e. The van der Waals surface area contributed by atoms with Gasteiger partial charge >= 0.3 is 0 Å². The normalized spacial score (nSPS) is 10.5. The molecule has 0 aromatic carbocycles. The minimum atomic E-state index is -0.339. The van der Waals surface area contributed by atoms with Gasteiger partial charge in [0.05, 0.1) is 11.7 Å². The molecule has 0 fully saturated rings. The van der Waals surface area contributed by atoms with E-state index in [4.69, 9.17) is 0 Å². The standard InChI is InChI=1S/C6H8N2O2S/c1-4(2)6(10)8-5(9)3-7-11-8/h3-4H,1-2H3. The zero-order valence-electron chi connectivity index (χ0n) is 6.27. The lowest BCUT2D eigenvalue weighted by Gasteiger charge is -1.99. The molecule has 1 aromatic heterocycles.